The zero-order valence-electron chi connectivity index (χ0n) is 11.0. The standard InChI is InChI=1S/C15H13N3O2/c1-2-14(19)17-11-3-4-12-13(9-11)20-15(18-12)10-5-7-16-8-6-10/h3-9H,2H2,1H3,(H,17,19). The van der Waals surface area contributed by atoms with Gasteiger partial charge in [0.2, 0.25) is 11.8 Å². The molecule has 0 aliphatic rings. The fourth-order valence-electron chi connectivity index (χ4n) is 1.87. The summed E-state index contributed by atoms with van der Waals surface area (Å²) in [5, 5.41) is 2.80. The highest BCUT2D eigenvalue weighted by atomic mass is 16.3. The predicted octanol–water partition coefficient (Wildman–Crippen LogP) is 3.24. The van der Waals surface area contributed by atoms with E-state index in [1.54, 1.807) is 18.5 Å². The summed E-state index contributed by atoms with van der Waals surface area (Å²) in [5.41, 5.74) is 2.98. The summed E-state index contributed by atoms with van der Waals surface area (Å²) in [6.45, 7) is 1.81. The number of nitrogens with one attached hydrogen (secondary N) is 1. The van der Waals surface area contributed by atoms with Crippen LogP contribution in [-0.2, 0) is 4.79 Å². The molecule has 0 bridgehead atoms. The average molecular weight is 267 g/mol. The topological polar surface area (TPSA) is 68.0 Å². The number of oxazole rings is 1. The molecule has 5 heteroatoms. The summed E-state index contributed by atoms with van der Waals surface area (Å²) in [5.74, 6) is 0.514. The fourth-order valence-corrected chi connectivity index (χ4v) is 1.87. The molecule has 0 unspecified atom stereocenters. The minimum Gasteiger partial charge on any atom is -0.436 e. The minimum absolute atomic E-state index is 0.0294. The van der Waals surface area contributed by atoms with Crippen LogP contribution < -0.4 is 5.32 Å². The maximum Gasteiger partial charge on any atom is 0.227 e. The molecule has 3 aromatic rings. The highest BCUT2D eigenvalue weighted by Gasteiger charge is 2.09. The SMILES string of the molecule is CCC(=O)Nc1ccc2nc(-c3ccncc3)oc2c1. The van der Waals surface area contributed by atoms with Crippen molar-refractivity contribution in [3.8, 4) is 11.5 Å². The lowest BCUT2D eigenvalue weighted by molar-refractivity contribution is -0.115. The van der Waals surface area contributed by atoms with Crippen LogP contribution in [0.4, 0.5) is 5.69 Å². The van der Waals surface area contributed by atoms with E-state index >= 15 is 0 Å². The Kier molecular flexibility index (Phi) is 3.16. The van der Waals surface area contributed by atoms with E-state index < -0.39 is 0 Å². The van der Waals surface area contributed by atoms with Crippen LogP contribution in [0, 0.1) is 0 Å². The normalized spacial score (nSPS) is 10.7. The van der Waals surface area contributed by atoms with Gasteiger partial charge in [-0.15, -0.1) is 0 Å². The second-order valence-electron chi connectivity index (χ2n) is 4.34. The molecule has 2 heterocycles. The van der Waals surface area contributed by atoms with Crippen LogP contribution in [0.3, 0.4) is 0 Å². The summed E-state index contributed by atoms with van der Waals surface area (Å²) >= 11 is 0. The molecule has 0 radical (unpaired) electrons. The van der Waals surface area contributed by atoms with Crippen molar-refractivity contribution in [3.05, 3.63) is 42.7 Å². The summed E-state index contributed by atoms with van der Waals surface area (Å²) in [6, 6.07) is 9.10. The molecule has 1 amide bonds. The number of carbonyl (C=O) groups is 1. The third kappa shape index (κ3) is 2.38. The average Bonchev–Trinajstić information content (AvgIpc) is 2.91. The number of fused-ring (bicyclic) bond motifs is 1. The predicted molar refractivity (Wildman–Crippen MR) is 76.2 cm³/mol. The Morgan fingerprint density at radius 3 is 2.80 bits per heavy atom. The summed E-state index contributed by atoms with van der Waals surface area (Å²) < 4.78 is 5.72. The Hall–Kier alpha value is -2.69. The van der Waals surface area contributed by atoms with E-state index in [2.05, 4.69) is 15.3 Å². The maximum atomic E-state index is 11.4. The zero-order valence-corrected chi connectivity index (χ0v) is 11.0. The Morgan fingerprint density at radius 1 is 1.25 bits per heavy atom. The van der Waals surface area contributed by atoms with E-state index in [1.807, 2.05) is 31.2 Å². The van der Waals surface area contributed by atoms with Gasteiger partial charge >= 0.3 is 0 Å². The van der Waals surface area contributed by atoms with E-state index in [1.165, 1.54) is 0 Å². The Balaban J connectivity index is 1.97. The second kappa shape index (κ2) is 5.13. The molecule has 5 nitrogen and oxygen atoms in total. The van der Waals surface area contributed by atoms with Crippen LogP contribution in [0.2, 0.25) is 0 Å². The number of rotatable bonds is 3. The lowest BCUT2D eigenvalue weighted by atomic mass is 10.2. The number of nitrogens with zero attached hydrogens (tertiary/aromatic N) is 2. The molecule has 0 spiro atoms. The first-order valence-electron chi connectivity index (χ1n) is 6.37. The van der Waals surface area contributed by atoms with Crippen LogP contribution in [0.5, 0.6) is 0 Å². The van der Waals surface area contributed by atoms with Crippen molar-refractivity contribution in [1.29, 1.82) is 0 Å². The van der Waals surface area contributed by atoms with Crippen LogP contribution >= 0.6 is 0 Å². The molecule has 0 fully saturated rings. The van der Waals surface area contributed by atoms with E-state index in [0.29, 0.717) is 23.6 Å². The van der Waals surface area contributed by atoms with Gasteiger partial charge in [0.1, 0.15) is 5.52 Å². The number of amides is 1. The van der Waals surface area contributed by atoms with E-state index in [9.17, 15) is 4.79 Å². The first-order chi connectivity index (χ1) is 9.76. The van der Waals surface area contributed by atoms with Crippen LogP contribution in [0.1, 0.15) is 13.3 Å². The van der Waals surface area contributed by atoms with Gasteiger partial charge in [0.15, 0.2) is 5.58 Å². The molecule has 0 saturated carbocycles. The maximum absolute atomic E-state index is 11.4. The molecule has 1 N–H and O–H groups in total. The molecule has 2 aromatic heterocycles. The monoisotopic (exact) mass is 267 g/mol. The third-order valence-electron chi connectivity index (χ3n) is 2.92. The summed E-state index contributed by atoms with van der Waals surface area (Å²) in [4.78, 5) is 19.8. The quantitative estimate of drug-likeness (QED) is 0.791. The number of benzene rings is 1. The van der Waals surface area contributed by atoms with Crippen molar-refractivity contribution >= 4 is 22.7 Å². The molecule has 0 saturated heterocycles. The van der Waals surface area contributed by atoms with Crippen molar-refractivity contribution in [3.63, 3.8) is 0 Å². The molecule has 3 rings (SSSR count). The number of aromatic nitrogens is 2. The number of hydrogen-bond acceptors (Lipinski definition) is 4. The van der Waals surface area contributed by atoms with Gasteiger partial charge in [0, 0.05) is 36.1 Å². The first kappa shape index (κ1) is 12.3. The summed E-state index contributed by atoms with van der Waals surface area (Å²) in [7, 11) is 0. The van der Waals surface area contributed by atoms with Crippen LogP contribution in [0.15, 0.2) is 47.1 Å². The van der Waals surface area contributed by atoms with Crippen LogP contribution in [-0.4, -0.2) is 15.9 Å². The van der Waals surface area contributed by atoms with E-state index in [-0.39, 0.29) is 5.91 Å². The molecule has 0 atom stereocenters. The second-order valence-corrected chi connectivity index (χ2v) is 4.34. The van der Waals surface area contributed by atoms with Gasteiger partial charge < -0.3 is 9.73 Å². The molecule has 1 aromatic carbocycles. The lowest BCUT2D eigenvalue weighted by Gasteiger charge is -2.01. The van der Waals surface area contributed by atoms with Gasteiger partial charge in [-0.3, -0.25) is 9.78 Å². The van der Waals surface area contributed by atoms with E-state index in [0.717, 1.165) is 11.1 Å². The van der Waals surface area contributed by atoms with Crippen molar-refractivity contribution < 1.29 is 9.21 Å². The zero-order chi connectivity index (χ0) is 13.9. The van der Waals surface area contributed by atoms with E-state index in [4.69, 9.17) is 4.42 Å². The third-order valence-corrected chi connectivity index (χ3v) is 2.92. The Morgan fingerprint density at radius 2 is 2.05 bits per heavy atom. The highest BCUT2D eigenvalue weighted by Crippen LogP contribution is 2.25. The largest absolute Gasteiger partial charge is 0.436 e. The van der Waals surface area contributed by atoms with Gasteiger partial charge in [0.05, 0.1) is 0 Å². The summed E-state index contributed by atoms with van der Waals surface area (Å²) in [6.07, 6.45) is 3.82. The number of carbonyl (C=O) groups excluding carboxylic acids is 1. The highest BCUT2D eigenvalue weighted by molar-refractivity contribution is 5.92. The van der Waals surface area contributed by atoms with Gasteiger partial charge in [-0.05, 0) is 24.3 Å². The molecule has 100 valence electrons. The van der Waals surface area contributed by atoms with Gasteiger partial charge in [-0.25, -0.2) is 4.98 Å². The molecule has 20 heavy (non-hydrogen) atoms. The van der Waals surface area contributed by atoms with Crippen LogP contribution in [0.25, 0.3) is 22.6 Å². The Labute approximate surface area is 115 Å². The van der Waals surface area contributed by atoms with Gasteiger partial charge in [0.25, 0.3) is 0 Å². The molecule has 0 aliphatic heterocycles. The lowest BCUT2D eigenvalue weighted by Crippen LogP contribution is -2.08. The van der Waals surface area contributed by atoms with Crippen molar-refractivity contribution in [1.82, 2.24) is 9.97 Å². The van der Waals surface area contributed by atoms with Crippen molar-refractivity contribution in [2.75, 3.05) is 5.32 Å². The first-order valence-corrected chi connectivity index (χ1v) is 6.37. The van der Waals surface area contributed by atoms with Gasteiger partial charge in [-0.2, -0.15) is 0 Å². The number of anilines is 1. The smallest absolute Gasteiger partial charge is 0.227 e. The fraction of sp³-hybridized carbons (Fsp3) is 0.133. The van der Waals surface area contributed by atoms with Crippen molar-refractivity contribution in [2.45, 2.75) is 13.3 Å². The molecular formula is C15H13N3O2. The molecular weight excluding hydrogens is 254 g/mol. The Bertz CT molecular complexity index is 750. The number of pyridine rings is 1. The molecule has 0 aliphatic carbocycles. The number of hydrogen-bond donors (Lipinski definition) is 1. The van der Waals surface area contributed by atoms with Crippen molar-refractivity contribution in [2.24, 2.45) is 0 Å². The van der Waals surface area contributed by atoms with Gasteiger partial charge in [-0.1, -0.05) is 6.92 Å². The minimum atomic E-state index is -0.0294.